The molecule has 4 nitrogen and oxygen atoms in total. The van der Waals surface area contributed by atoms with Gasteiger partial charge in [-0.2, -0.15) is 5.10 Å². The molecule has 2 rings (SSSR count). The summed E-state index contributed by atoms with van der Waals surface area (Å²) in [5, 5.41) is 9.34. The van der Waals surface area contributed by atoms with Gasteiger partial charge in [0.2, 0.25) is 0 Å². The number of nitrogens with zero attached hydrogens (tertiary/aromatic N) is 1. The van der Waals surface area contributed by atoms with Crippen molar-refractivity contribution in [3.63, 3.8) is 0 Å². The van der Waals surface area contributed by atoms with E-state index in [9.17, 15) is 9.18 Å². The molecular weight excluding hydrogens is 257 g/mol. The summed E-state index contributed by atoms with van der Waals surface area (Å²) >= 11 is 0. The maximum absolute atomic E-state index is 13.0. The molecule has 5 heteroatoms. The van der Waals surface area contributed by atoms with Crippen molar-refractivity contribution in [2.75, 3.05) is 0 Å². The minimum atomic E-state index is -0.289. The molecule has 1 amide bonds. The molecule has 0 bridgehead atoms. The molecule has 0 aliphatic heterocycles. The van der Waals surface area contributed by atoms with Crippen molar-refractivity contribution in [1.29, 1.82) is 0 Å². The van der Waals surface area contributed by atoms with Gasteiger partial charge in [-0.1, -0.05) is 32.9 Å². The van der Waals surface area contributed by atoms with Gasteiger partial charge in [0.05, 0.1) is 17.8 Å². The number of nitrogens with one attached hydrogen (secondary N) is 2. The van der Waals surface area contributed by atoms with E-state index < -0.39 is 0 Å². The van der Waals surface area contributed by atoms with Crippen molar-refractivity contribution in [1.82, 2.24) is 15.5 Å². The molecular formula is C15H18FN3O. The zero-order valence-corrected chi connectivity index (χ0v) is 11.8. The van der Waals surface area contributed by atoms with E-state index in [0.717, 1.165) is 5.56 Å². The smallest absolute Gasteiger partial charge is 0.254 e. The highest BCUT2D eigenvalue weighted by Gasteiger charge is 2.28. The summed E-state index contributed by atoms with van der Waals surface area (Å²) < 4.78 is 13.0. The number of H-pyrrole nitrogens is 1. The molecule has 0 radical (unpaired) electrons. The van der Waals surface area contributed by atoms with Crippen molar-refractivity contribution < 1.29 is 9.18 Å². The van der Waals surface area contributed by atoms with E-state index >= 15 is 0 Å². The zero-order valence-electron chi connectivity index (χ0n) is 11.8. The summed E-state index contributed by atoms with van der Waals surface area (Å²) in [6.45, 7) is 6.07. The Morgan fingerprint density at radius 1 is 1.30 bits per heavy atom. The molecule has 0 spiro atoms. The lowest BCUT2D eigenvalue weighted by Gasteiger charge is -2.31. The van der Waals surface area contributed by atoms with Crippen LogP contribution in [0.1, 0.15) is 42.7 Å². The number of hydrogen-bond acceptors (Lipinski definition) is 2. The fraction of sp³-hybridized carbons (Fsp3) is 0.333. The van der Waals surface area contributed by atoms with E-state index in [2.05, 4.69) is 15.5 Å². The number of aromatic amines is 1. The Hall–Kier alpha value is -2.17. The molecule has 0 aliphatic carbocycles. The molecule has 1 aromatic carbocycles. The summed E-state index contributed by atoms with van der Waals surface area (Å²) in [4.78, 5) is 12.2. The van der Waals surface area contributed by atoms with Gasteiger partial charge in [-0.05, 0) is 23.1 Å². The monoisotopic (exact) mass is 275 g/mol. The average molecular weight is 275 g/mol. The van der Waals surface area contributed by atoms with E-state index in [1.807, 2.05) is 20.8 Å². The van der Waals surface area contributed by atoms with Crippen LogP contribution in [0.4, 0.5) is 4.39 Å². The highest BCUT2D eigenvalue weighted by molar-refractivity contribution is 5.93. The Balaban J connectivity index is 2.25. The van der Waals surface area contributed by atoms with Crippen molar-refractivity contribution in [2.24, 2.45) is 5.41 Å². The number of rotatable bonds is 3. The predicted molar refractivity (Wildman–Crippen MR) is 74.6 cm³/mol. The molecule has 0 aliphatic rings. The molecule has 1 atom stereocenters. The second-order valence-electron chi connectivity index (χ2n) is 5.81. The minimum absolute atomic E-state index is 0.197. The number of benzene rings is 1. The Morgan fingerprint density at radius 3 is 2.45 bits per heavy atom. The first-order valence-corrected chi connectivity index (χ1v) is 6.43. The number of hydrogen-bond donors (Lipinski definition) is 2. The highest BCUT2D eigenvalue weighted by Crippen LogP contribution is 2.33. The number of halogens is 1. The van der Waals surface area contributed by atoms with Crippen LogP contribution in [0.5, 0.6) is 0 Å². The van der Waals surface area contributed by atoms with E-state index in [1.54, 1.807) is 18.3 Å². The lowest BCUT2D eigenvalue weighted by Crippen LogP contribution is -2.36. The van der Waals surface area contributed by atoms with E-state index in [4.69, 9.17) is 0 Å². The van der Waals surface area contributed by atoms with Crippen LogP contribution >= 0.6 is 0 Å². The summed E-state index contributed by atoms with van der Waals surface area (Å²) in [5.74, 6) is -0.495. The Kier molecular flexibility index (Phi) is 3.88. The fourth-order valence-corrected chi connectivity index (χ4v) is 2.04. The van der Waals surface area contributed by atoms with Crippen molar-refractivity contribution in [3.8, 4) is 0 Å². The first kappa shape index (κ1) is 14.2. The van der Waals surface area contributed by atoms with Crippen LogP contribution in [0.15, 0.2) is 36.7 Å². The van der Waals surface area contributed by atoms with Crippen LogP contribution in [0.3, 0.4) is 0 Å². The van der Waals surface area contributed by atoms with E-state index in [1.165, 1.54) is 18.3 Å². The van der Waals surface area contributed by atoms with Crippen LogP contribution in [-0.2, 0) is 0 Å². The summed E-state index contributed by atoms with van der Waals surface area (Å²) in [6.07, 6.45) is 3.01. The van der Waals surface area contributed by atoms with Gasteiger partial charge >= 0.3 is 0 Å². The third kappa shape index (κ3) is 3.23. The van der Waals surface area contributed by atoms with Gasteiger partial charge in [0, 0.05) is 6.20 Å². The lowest BCUT2D eigenvalue weighted by atomic mass is 9.82. The first-order valence-electron chi connectivity index (χ1n) is 6.43. The summed E-state index contributed by atoms with van der Waals surface area (Å²) in [6, 6.07) is 5.98. The lowest BCUT2D eigenvalue weighted by molar-refractivity contribution is 0.0902. The van der Waals surface area contributed by atoms with Crippen LogP contribution in [0.2, 0.25) is 0 Å². The molecule has 2 aromatic rings. The van der Waals surface area contributed by atoms with Gasteiger partial charge in [-0.25, -0.2) is 4.39 Å². The van der Waals surface area contributed by atoms with Crippen LogP contribution in [-0.4, -0.2) is 16.1 Å². The summed E-state index contributed by atoms with van der Waals surface area (Å²) in [5.41, 5.74) is 1.15. The average Bonchev–Trinajstić information content (AvgIpc) is 2.89. The van der Waals surface area contributed by atoms with Crippen LogP contribution in [0.25, 0.3) is 0 Å². The van der Waals surface area contributed by atoms with Crippen LogP contribution < -0.4 is 5.32 Å². The Morgan fingerprint density at radius 2 is 1.95 bits per heavy atom. The molecule has 0 saturated heterocycles. The van der Waals surface area contributed by atoms with E-state index in [0.29, 0.717) is 5.56 Å². The second kappa shape index (κ2) is 5.45. The molecule has 0 saturated carbocycles. The third-order valence-corrected chi connectivity index (χ3v) is 3.11. The summed E-state index contributed by atoms with van der Waals surface area (Å²) in [7, 11) is 0. The normalized spacial score (nSPS) is 13.0. The van der Waals surface area contributed by atoms with Gasteiger partial charge in [0.1, 0.15) is 5.82 Å². The van der Waals surface area contributed by atoms with Gasteiger partial charge in [-0.15, -0.1) is 0 Å². The molecule has 2 N–H and O–H groups in total. The fourth-order valence-electron chi connectivity index (χ4n) is 2.04. The number of carbonyl (C=O) groups excluding carboxylic acids is 1. The standard InChI is InChI=1S/C15H18FN3O/c1-15(2,3)13(10-4-6-12(16)7-5-10)19-14(20)11-8-17-18-9-11/h4-9,13H,1-3H3,(H,17,18)(H,19,20). The molecule has 1 heterocycles. The molecule has 1 unspecified atom stereocenters. The van der Waals surface area contributed by atoms with Gasteiger partial charge in [-0.3, -0.25) is 9.89 Å². The molecule has 0 fully saturated rings. The molecule has 1 aromatic heterocycles. The topological polar surface area (TPSA) is 57.8 Å². The number of carbonyl (C=O) groups is 1. The SMILES string of the molecule is CC(C)(C)C(NC(=O)c1cn[nH]c1)c1ccc(F)cc1. The maximum atomic E-state index is 13.0. The zero-order chi connectivity index (χ0) is 14.8. The number of aromatic nitrogens is 2. The minimum Gasteiger partial charge on any atom is -0.345 e. The maximum Gasteiger partial charge on any atom is 0.254 e. The Bertz CT molecular complexity index is 570. The first-order chi connectivity index (χ1) is 9.38. The van der Waals surface area contributed by atoms with Gasteiger partial charge < -0.3 is 5.32 Å². The highest BCUT2D eigenvalue weighted by atomic mass is 19.1. The van der Waals surface area contributed by atoms with Crippen molar-refractivity contribution >= 4 is 5.91 Å². The molecule has 20 heavy (non-hydrogen) atoms. The quantitative estimate of drug-likeness (QED) is 0.904. The van der Waals surface area contributed by atoms with Crippen molar-refractivity contribution in [3.05, 3.63) is 53.6 Å². The van der Waals surface area contributed by atoms with Gasteiger partial charge in [0.15, 0.2) is 0 Å². The van der Waals surface area contributed by atoms with E-state index in [-0.39, 0.29) is 23.2 Å². The van der Waals surface area contributed by atoms with Crippen molar-refractivity contribution in [2.45, 2.75) is 26.8 Å². The molecule has 106 valence electrons. The van der Waals surface area contributed by atoms with Gasteiger partial charge in [0.25, 0.3) is 5.91 Å². The number of amides is 1. The third-order valence-electron chi connectivity index (χ3n) is 3.11. The second-order valence-corrected chi connectivity index (χ2v) is 5.81. The van der Waals surface area contributed by atoms with Crippen LogP contribution in [0, 0.1) is 11.2 Å². The largest absolute Gasteiger partial charge is 0.345 e. The Labute approximate surface area is 117 Å². The predicted octanol–water partition coefficient (Wildman–Crippen LogP) is 3.07.